The van der Waals surface area contributed by atoms with Gasteiger partial charge in [-0.2, -0.15) is 0 Å². The van der Waals surface area contributed by atoms with Crippen molar-refractivity contribution < 1.29 is 14.2 Å². The molecule has 0 saturated carbocycles. The Hall–Kier alpha value is -1.91. The van der Waals surface area contributed by atoms with Crippen LogP contribution in [0.3, 0.4) is 0 Å². The molecule has 0 aliphatic rings. The lowest BCUT2D eigenvalue weighted by Gasteiger charge is -2.20. The van der Waals surface area contributed by atoms with E-state index in [1.165, 1.54) is 5.56 Å². The molecule has 0 heterocycles. The van der Waals surface area contributed by atoms with E-state index >= 15 is 0 Å². The summed E-state index contributed by atoms with van der Waals surface area (Å²) < 4.78 is 16.2. The summed E-state index contributed by atoms with van der Waals surface area (Å²) in [5.74, 6) is 2.10. The van der Waals surface area contributed by atoms with Crippen LogP contribution in [0.5, 0.6) is 17.2 Å². The highest BCUT2D eigenvalue weighted by Crippen LogP contribution is 2.35. The second kappa shape index (κ2) is 8.81. The summed E-state index contributed by atoms with van der Waals surface area (Å²) in [6, 6.07) is 11.9. The predicted octanol–water partition coefficient (Wildman–Crippen LogP) is 4.61. The Bertz CT molecular complexity index is 676. The summed E-state index contributed by atoms with van der Waals surface area (Å²) in [4.78, 5) is 0. The van der Waals surface area contributed by atoms with Gasteiger partial charge in [-0.1, -0.05) is 30.7 Å². The van der Waals surface area contributed by atoms with Gasteiger partial charge in [-0.3, -0.25) is 0 Å². The Morgan fingerprint density at radius 1 is 0.958 bits per heavy atom. The third-order valence-corrected chi connectivity index (χ3v) is 4.22. The Kier molecular flexibility index (Phi) is 6.76. The van der Waals surface area contributed by atoms with Crippen LogP contribution in [-0.2, 0) is 6.54 Å². The second-order valence-corrected chi connectivity index (χ2v) is 5.85. The maximum absolute atomic E-state index is 6.11. The minimum Gasteiger partial charge on any atom is -0.496 e. The third kappa shape index (κ3) is 4.34. The third-order valence-electron chi connectivity index (χ3n) is 3.98. The summed E-state index contributed by atoms with van der Waals surface area (Å²) in [6.07, 6.45) is 0.954. The zero-order valence-corrected chi connectivity index (χ0v) is 15.3. The van der Waals surface area contributed by atoms with Crippen LogP contribution in [0.1, 0.15) is 30.5 Å². The van der Waals surface area contributed by atoms with Gasteiger partial charge in [0, 0.05) is 29.2 Å². The lowest BCUT2D eigenvalue weighted by Crippen LogP contribution is -2.20. The smallest absolute Gasteiger partial charge is 0.164 e. The average Bonchev–Trinajstić information content (AvgIpc) is 2.61. The number of rotatable bonds is 8. The van der Waals surface area contributed by atoms with Gasteiger partial charge in [-0.15, -0.1) is 0 Å². The number of methoxy groups -OCH3 is 3. The molecule has 0 spiro atoms. The highest BCUT2D eigenvalue weighted by molar-refractivity contribution is 6.30. The van der Waals surface area contributed by atoms with Crippen LogP contribution >= 0.6 is 11.6 Å². The maximum atomic E-state index is 6.11. The van der Waals surface area contributed by atoms with E-state index in [9.17, 15) is 0 Å². The fraction of sp³-hybridized carbons (Fsp3) is 0.368. The quantitative estimate of drug-likeness (QED) is 0.755. The van der Waals surface area contributed by atoms with E-state index in [-0.39, 0.29) is 6.04 Å². The van der Waals surface area contributed by atoms with Crippen LogP contribution in [-0.4, -0.2) is 21.3 Å². The molecule has 0 radical (unpaired) electrons. The number of hydrogen-bond acceptors (Lipinski definition) is 4. The van der Waals surface area contributed by atoms with E-state index < -0.39 is 0 Å². The zero-order chi connectivity index (χ0) is 17.5. The molecule has 1 unspecified atom stereocenters. The predicted molar refractivity (Wildman–Crippen MR) is 97.4 cm³/mol. The number of hydrogen-bond donors (Lipinski definition) is 1. The molecule has 0 fully saturated rings. The van der Waals surface area contributed by atoms with E-state index in [1.54, 1.807) is 21.3 Å². The molecule has 0 saturated heterocycles. The van der Waals surface area contributed by atoms with E-state index in [1.807, 2.05) is 30.3 Å². The van der Waals surface area contributed by atoms with E-state index in [2.05, 4.69) is 18.3 Å². The molecular weight excluding hydrogens is 326 g/mol. The Morgan fingerprint density at radius 2 is 1.62 bits per heavy atom. The fourth-order valence-electron chi connectivity index (χ4n) is 2.68. The topological polar surface area (TPSA) is 39.7 Å². The van der Waals surface area contributed by atoms with Crippen molar-refractivity contribution >= 4 is 11.6 Å². The van der Waals surface area contributed by atoms with Gasteiger partial charge in [0.15, 0.2) is 11.5 Å². The van der Waals surface area contributed by atoms with Crippen LogP contribution in [0.25, 0.3) is 0 Å². The lowest BCUT2D eigenvalue weighted by molar-refractivity contribution is 0.346. The molecule has 0 aromatic heterocycles. The van der Waals surface area contributed by atoms with Crippen LogP contribution in [0.15, 0.2) is 36.4 Å². The van der Waals surface area contributed by atoms with Crippen molar-refractivity contribution in [3.8, 4) is 17.2 Å². The molecule has 0 aliphatic heterocycles. The molecule has 4 nitrogen and oxygen atoms in total. The van der Waals surface area contributed by atoms with Crippen molar-refractivity contribution in [1.29, 1.82) is 0 Å². The largest absolute Gasteiger partial charge is 0.496 e. The zero-order valence-electron chi connectivity index (χ0n) is 14.6. The van der Waals surface area contributed by atoms with Crippen LogP contribution in [0, 0.1) is 0 Å². The van der Waals surface area contributed by atoms with Gasteiger partial charge in [-0.05, 0) is 30.2 Å². The van der Waals surface area contributed by atoms with E-state index in [0.29, 0.717) is 18.0 Å². The van der Waals surface area contributed by atoms with E-state index in [0.717, 1.165) is 22.8 Å². The number of ether oxygens (including phenoxy) is 3. The van der Waals surface area contributed by atoms with Gasteiger partial charge in [0.1, 0.15) is 5.75 Å². The number of nitrogens with one attached hydrogen (secondary N) is 1. The first-order valence-corrected chi connectivity index (χ1v) is 8.28. The standard InChI is InChI=1S/C19H24ClNO3/c1-5-16(13-7-6-8-15(20)9-13)21-12-14-10-18(23-3)19(24-4)11-17(14)22-2/h6-11,16,21H,5,12H2,1-4H3. The minimum atomic E-state index is 0.210. The molecule has 0 aliphatic carbocycles. The van der Waals surface area contributed by atoms with Crippen LogP contribution in [0.4, 0.5) is 0 Å². The summed E-state index contributed by atoms with van der Waals surface area (Å²) in [6.45, 7) is 2.79. The SMILES string of the molecule is CCC(NCc1cc(OC)c(OC)cc1OC)c1cccc(Cl)c1. The van der Waals surface area contributed by atoms with Crippen molar-refractivity contribution in [1.82, 2.24) is 5.32 Å². The highest BCUT2D eigenvalue weighted by Gasteiger charge is 2.14. The van der Waals surface area contributed by atoms with Crippen molar-refractivity contribution in [2.45, 2.75) is 25.9 Å². The molecule has 2 aromatic rings. The molecule has 2 rings (SSSR count). The van der Waals surface area contributed by atoms with Crippen molar-refractivity contribution in [3.63, 3.8) is 0 Å². The van der Waals surface area contributed by atoms with E-state index in [4.69, 9.17) is 25.8 Å². The molecule has 24 heavy (non-hydrogen) atoms. The summed E-state index contributed by atoms with van der Waals surface area (Å²) in [7, 11) is 4.89. The fourth-order valence-corrected chi connectivity index (χ4v) is 2.88. The first-order chi connectivity index (χ1) is 11.6. The molecule has 1 atom stereocenters. The van der Waals surface area contributed by atoms with Gasteiger partial charge in [0.05, 0.1) is 21.3 Å². The molecule has 5 heteroatoms. The van der Waals surface area contributed by atoms with Crippen LogP contribution < -0.4 is 19.5 Å². The average molecular weight is 350 g/mol. The van der Waals surface area contributed by atoms with Gasteiger partial charge in [0.25, 0.3) is 0 Å². The molecular formula is C19H24ClNO3. The van der Waals surface area contributed by atoms with Gasteiger partial charge in [-0.25, -0.2) is 0 Å². The first kappa shape index (κ1) is 18.4. The maximum Gasteiger partial charge on any atom is 0.164 e. The molecule has 0 bridgehead atoms. The molecule has 130 valence electrons. The van der Waals surface area contributed by atoms with Gasteiger partial charge < -0.3 is 19.5 Å². The van der Waals surface area contributed by atoms with Gasteiger partial charge in [0.2, 0.25) is 0 Å². The molecule has 0 amide bonds. The van der Waals surface area contributed by atoms with Crippen molar-refractivity contribution in [3.05, 3.63) is 52.5 Å². The lowest BCUT2D eigenvalue weighted by atomic mass is 10.0. The van der Waals surface area contributed by atoms with Crippen molar-refractivity contribution in [2.24, 2.45) is 0 Å². The summed E-state index contributed by atoms with van der Waals surface area (Å²) in [5.41, 5.74) is 2.18. The van der Waals surface area contributed by atoms with Crippen molar-refractivity contribution in [2.75, 3.05) is 21.3 Å². The minimum absolute atomic E-state index is 0.210. The van der Waals surface area contributed by atoms with Crippen LogP contribution in [0.2, 0.25) is 5.02 Å². The second-order valence-electron chi connectivity index (χ2n) is 5.42. The Balaban J connectivity index is 2.20. The highest BCUT2D eigenvalue weighted by atomic mass is 35.5. The number of benzene rings is 2. The Labute approximate surface area is 148 Å². The summed E-state index contributed by atoms with van der Waals surface area (Å²) in [5, 5.41) is 4.30. The van der Waals surface area contributed by atoms with Gasteiger partial charge >= 0.3 is 0 Å². The first-order valence-electron chi connectivity index (χ1n) is 7.90. The molecule has 2 aromatic carbocycles. The normalized spacial score (nSPS) is 11.9. The number of halogens is 1. The summed E-state index contributed by atoms with van der Waals surface area (Å²) >= 11 is 6.11. The molecule has 1 N–H and O–H groups in total. The monoisotopic (exact) mass is 349 g/mol. The Morgan fingerprint density at radius 3 is 2.21 bits per heavy atom.